The third kappa shape index (κ3) is 4.14. The number of carbonyl (C=O) groups is 2. The van der Waals surface area contributed by atoms with Crippen LogP contribution in [-0.2, 0) is 9.59 Å². The van der Waals surface area contributed by atoms with Gasteiger partial charge in [-0.2, -0.15) is 0 Å². The molecule has 0 aromatic rings. The molecule has 1 aliphatic rings. The van der Waals surface area contributed by atoms with Gasteiger partial charge in [-0.25, -0.2) is 0 Å². The van der Waals surface area contributed by atoms with Crippen LogP contribution in [0.2, 0.25) is 0 Å². The monoisotopic (exact) mass is 253 g/mol. The van der Waals surface area contributed by atoms with E-state index >= 15 is 0 Å². The molecular weight excluding hydrogens is 230 g/mol. The van der Waals surface area contributed by atoms with E-state index in [0.29, 0.717) is 13.0 Å². The molecule has 0 aliphatic heterocycles. The molecule has 1 rings (SSSR count). The van der Waals surface area contributed by atoms with E-state index in [1.807, 2.05) is 32.9 Å². The van der Waals surface area contributed by atoms with E-state index in [-0.39, 0.29) is 36.4 Å². The Morgan fingerprint density at radius 3 is 2.56 bits per heavy atom. The van der Waals surface area contributed by atoms with E-state index in [1.54, 1.807) is 4.90 Å². The SMILES string of the molecule is CCN(CC(=O)NC(C)C)C(=O)C1C=CC(N)C1. The van der Waals surface area contributed by atoms with Gasteiger partial charge in [0.2, 0.25) is 11.8 Å². The average Bonchev–Trinajstić information content (AvgIpc) is 2.70. The summed E-state index contributed by atoms with van der Waals surface area (Å²) in [7, 11) is 0. The van der Waals surface area contributed by atoms with Crippen LogP contribution in [0.1, 0.15) is 27.2 Å². The van der Waals surface area contributed by atoms with Crippen molar-refractivity contribution < 1.29 is 9.59 Å². The molecule has 3 N–H and O–H groups in total. The lowest BCUT2D eigenvalue weighted by atomic mass is 10.1. The average molecular weight is 253 g/mol. The zero-order valence-electron chi connectivity index (χ0n) is 11.3. The third-order valence-corrected chi connectivity index (χ3v) is 2.91. The van der Waals surface area contributed by atoms with Gasteiger partial charge in [0.1, 0.15) is 0 Å². The Labute approximate surface area is 108 Å². The summed E-state index contributed by atoms with van der Waals surface area (Å²) in [5.74, 6) is -0.307. The molecule has 0 radical (unpaired) electrons. The summed E-state index contributed by atoms with van der Waals surface area (Å²) >= 11 is 0. The molecule has 0 spiro atoms. The minimum atomic E-state index is -0.174. The van der Waals surface area contributed by atoms with E-state index in [0.717, 1.165) is 0 Å². The second-order valence-corrected chi connectivity index (χ2v) is 4.97. The first kappa shape index (κ1) is 14.7. The molecule has 0 aromatic heterocycles. The number of likely N-dealkylation sites (N-methyl/N-ethyl adjacent to an activating group) is 1. The molecule has 5 nitrogen and oxygen atoms in total. The number of nitrogens with two attached hydrogens (primary N) is 1. The highest BCUT2D eigenvalue weighted by atomic mass is 16.2. The molecule has 0 heterocycles. The van der Waals surface area contributed by atoms with Gasteiger partial charge in [0.05, 0.1) is 12.5 Å². The van der Waals surface area contributed by atoms with Crippen molar-refractivity contribution in [1.29, 1.82) is 0 Å². The van der Waals surface area contributed by atoms with Crippen molar-refractivity contribution in [2.75, 3.05) is 13.1 Å². The highest BCUT2D eigenvalue weighted by molar-refractivity contribution is 5.87. The summed E-state index contributed by atoms with van der Waals surface area (Å²) in [6, 6.07) is 0.0493. The Kier molecular flexibility index (Phi) is 5.34. The topological polar surface area (TPSA) is 75.4 Å². The normalized spacial score (nSPS) is 22.3. The van der Waals surface area contributed by atoms with Gasteiger partial charge in [0.25, 0.3) is 0 Å². The summed E-state index contributed by atoms with van der Waals surface area (Å²) in [6.07, 6.45) is 4.34. The fraction of sp³-hybridized carbons (Fsp3) is 0.692. The standard InChI is InChI=1S/C13H23N3O2/c1-4-16(8-12(17)15-9(2)3)13(18)10-5-6-11(14)7-10/h5-6,9-11H,4,7-8,14H2,1-3H3,(H,15,17). The van der Waals surface area contributed by atoms with Crippen LogP contribution in [0, 0.1) is 5.92 Å². The Balaban J connectivity index is 2.53. The Bertz CT molecular complexity index is 339. The first-order chi connectivity index (χ1) is 8.43. The first-order valence-corrected chi connectivity index (χ1v) is 6.46. The predicted molar refractivity (Wildman–Crippen MR) is 70.8 cm³/mol. The van der Waals surface area contributed by atoms with Crippen LogP contribution < -0.4 is 11.1 Å². The maximum Gasteiger partial charge on any atom is 0.239 e. The molecule has 0 saturated carbocycles. The second kappa shape index (κ2) is 6.54. The fourth-order valence-electron chi connectivity index (χ4n) is 2.03. The first-order valence-electron chi connectivity index (χ1n) is 6.46. The van der Waals surface area contributed by atoms with Crippen molar-refractivity contribution in [2.45, 2.75) is 39.3 Å². The van der Waals surface area contributed by atoms with Crippen LogP contribution in [0.5, 0.6) is 0 Å². The largest absolute Gasteiger partial charge is 0.352 e. The lowest BCUT2D eigenvalue weighted by Crippen LogP contribution is -2.44. The van der Waals surface area contributed by atoms with Gasteiger partial charge in [-0.1, -0.05) is 12.2 Å². The van der Waals surface area contributed by atoms with Crippen LogP contribution in [0.3, 0.4) is 0 Å². The Morgan fingerprint density at radius 2 is 2.11 bits per heavy atom. The van der Waals surface area contributed by atoms with Crippen LogP contribution in [0.25, 0.3) is 0 Å². The van der Waals surface area contributed by atoms with E-state index in [2.05, 4.69) is 5.32 Å². The summed E-state index contributed by atoms with van der Waals surface area (Å²) in [6.45, 7) is 6.32. The number of amides is 2. The number of hydrogen-bond acceptors (Lipinski definition) is 3. The third-order valence-electron chi connectivity index (χ3n) is 2.91. The van der Waals surface area contributed by atoms with Gasteiger partial charge in [-0.3, -0.25) is 9.59 Å². The van der Waals surface area contributed by atoms with Crippen molar-refractivity contribution >= 4 is 11.8 Å². The molecule has 18 heavy (non-hydrogen) atoms. The zero-order valence-corrected chi connectivity index (χ0v) is 11.3. The molecule has 0 fully saturated rings. The van der Waals surface area contributed by atoms with Crippen molar-refractivity contribution in [1.82, 2.24) is 10.2 Å². The quantitative estimate of drug-likeness (QED) is 0.690. The van der Waals surface area contributed by atoms with Crippen molar-refractivity contribution in [3.63, 3.8) is 0 Å². The highest BCUT2D eigenvalue weighted by Gasteiger charge is 2.27. The lowest BCUT2D eigenvalue weighted by Gasteiger charge is -2.23. The Morgan fingerprint density at radius 1 is 1.44 bits per heavy atom. The van der Waals surface area contributed by atoms with Crippen LogP contribution in [-0.4, -0.2) is 41.9 Å². The summed E-state index contributed by atoms with van der Waals surface area (Å²) in [4.78, 5) is 25.4. The number of nitrogens with zero attached hydrogens (tertiary/aromatic N) is 1. The predicted octanol–water partition coefficient (Wildman–Crippen LogP) is 0.263. The van der Waals surface area contributed by atoms with E-state index in [1.165, 1.54) is 0 Å². The van der Waals surface area contributed by atoms with Gasteiger partial charge in [-0.15, -0.1) is 0 Å². The lowest BCUT2D eigenvalue weighted by molar-refractivity contribution is -0.138. The maximum atomic E-state index is 12.2. The molecule has 102 valence electrons. The highest BCUT2D eigenvalue weighted by Crippen LogP contribution is 2.18. The molecular formula is C13H23N3O2. The minimum Gasteiger partial charge on any atom is -0.352 e. The van der Waals surface area contributed by atoms with Gasteiger partial charge in [-0.05, 0) is 27.2 Å². The van der Waals surface area contributed by atoms with Crippen LogP contribution in [0.4, 0.5) is 0 Å². The molecule has 2 atom stereocenters. The summed E-state index contributed by atoms with van der Waals surface area (Å²) in [5.41, 5.74) is 5.73. The van der Waals surface area contributed by atoms with Crippen LogP contribution in [0.15, 0.2) is 12.2 Å². The van der Waals surface area contributed by atoms with Crippen LogP contribution >= 0.6 is 0 Å². The van der Waals surface area contributed by atoms with Gasteiger partial charge < -0.3 is 16.0 Å². The minimum absolute atomic E-state index is 0.0133. The Hall–Kier alpha value is -1.36. The molecule has 2 amide bonds. The molecule has 0 aromatic carbocycles. The summed E-state index contributed by atoms with van der Waals surface area (Å²) < 4.78 is 0. The smallest absolute Gasteiger partial charge is 0.239 e. The fourth-order valence-corrected chi connectivity index (χ4v) is 2.03. The maximum absolute atomic E-state index is 12.2. The zero-order chi connectivity index (χ0) is 13.7. The summed E-state index contributed by atoms with van der Waals surface area (Å²) in [5, 5.41) is 2.79. The number of nitrogens with one attached hydrogen (secondary N) is 1. The van der Waals surface area contributed by atoms with Gasteiger partial charge in [0.15, 0.2) is 0 Å². The van der Waals surface area contributed by atoms with Crippen molar-refractivity contribution in [3.05, 3.63) is 12.2 Å². The van der Waals surface area contributed by atoms with Gasteiger partial charge in [0, 0.05) is 18.6 Å². The van der Waals surface area contributed by atoms with E-state index < -0.39 is 0 Å². The molecule has 5 heteroatoms. The number of hydrogen-bond donors (Lipinski definition) is 2. The molecule has 1 aliphatic carbocycles. The number of carbonyl (C=O) groups excluding carboxylic acids is 2. The van der Waals surface area contributed by atoms with E-state index in [4.69, 9.17) is 5.73 Å². The van der Waals surface area contributed by atoms with E-state index in [9.17, 15) is 9.59 Å². The van der Waals surface area contributed by atoms with Crippen molar-refractivity contribution in [2.24, 2.45) is 11.7 Å². The molecule has 0 bridgehead atoms. The molecule has 0 saturated heterocycles. The van der Waals surface area contributed by atoms with Crippen molar-refractivity contribution in [3.8, 4) is 0 Å². The van der Waals surface area contributed by atoms with Gasteiger partial charge >= 0.3 is 0 Å². The number of rotatable bonds is 5. The second-order valence-electron chi connectivity index (χ2n) is 4.97. The molecule has 2 unspecified atom stereocenters.